The normalized spacial score (nSPS) is 11.9. The van der Waals surface area contributed by atoms with E-state index in [-0.39, 0.29) is 17.1 Å². The van der Waals surface area contributed by atoms with E-state index < -0.39 is 11.7 Å². The number of alkyl halides is 3. The predicted molar refractivity (Wildman–Crippen MR) is 113 cm³/mol. The van der Waals surface area contributed by atoms with Crippen LogP contribution >= 0.6 is 11.6 Å². The summed E-state index contributed by atoms with van der Waals surface area (Å²) in [4.78, 5) is 4.56. The molecule has 3 nitrogen and oxygen atoms in total. The Morgan fingerprint density at radius 1 is 1.03 bits per heavy atom. The first-order valence-electron chi connectivity index (χ1n) is 9.29. The molecule has 1 radical (unpaired) electrons. The molecule has 0 fully saturated rings. The Morgan fingerprint density at radius 3 is 2.37 bits per heavy atom. The highest BCUT2D eigenvalue weighted by Gasteiger charge is 2.34. The van der Waals surface area contributed by atoms with E-state index >= 15 is 0 Å². The zero-order valence-corrected chi connectivity index (χ0v) is 16.6. The van der Waals surface area contributed by atoms with E-state index in [1.807, 2.05) is 53.1 Å². The maximum atomic E-state index is 13.4. The number of fused-ring (bicyclic) bond motifs is 1. The Bertz CT molecular complexity index is 1210. The van der Waals surface area contributed by atoms with E-state index in [9.17, 15) is 13.2 Å². The van der Waals surface area contributed by atoms with Gasteiger partial charge in [0.2, 0.25) is 0 Å². The minimum Gasteiger partial charge on any atom is -0.326 e. The molecule has 0 aliphatic rings. The average molecular weight is 429 g/mol. The van der Waals surface area contributed by atoms with E-state index in [1.165, 1.54) is 6.07 Å². The van der Waals surface area contributed by atoms with Crippen LogP contribution in [-0.2, 0) is 19.1 Å². The molecule has 4 rings (SSSR count). The summed E-state index contributed by atoms with van der Waals surface area (Å²) in [6.45, 7) is 4.15. The highest BCUT2D eigenvalue weighted by atomic mass is 35.5. The molecule has 7 heteroatoms. The van der Waals surface area contributed by atoms with Crippen molar-refractivity contribution in [2.24, 2.45) is 5.73 Å². The highest BCUT2D eigenvalue weighted by molar-refractivity contribution is 6.32. The number of nitrogens with two attached hydrogens (primary N) is 1. The lowest BCUT2D eigenvalue weighted by atomic mass is 10.1. The summed E-state index contributed by atoms with van der Waals surface area (Å²) in [6.07, 6.45) is -3.94. The zero-order valence-electron chi connectivity index (χ0n) is 15.9. The summed E-state index contributed by atoms with van der Waals surface area (Å²) in [5.74, 6) is 0.504. The molecule has 0 saturated carbocycles. The van der Waals surface area contributed by atoms with Crippen molar-refractivity contribution in [1.82, 2.24) is 9.55 Å². The molecule has 30 heavy (non-hydrogen) atoms. The van der Waals surface area contributed by atoms with Gasteiger partial charge in [-0.1, -0.05) is 48.0 Å². The van der Waals surface area contributed by atoms with Gasteiger partial charge in [0.1, 0.15) is 5.82 Å². The average Bonchev–Trinajstić information content (AvgIpc) is 3.10. The second kappa shape index (κ2) is 7.78. The molecule has 0 amide bonds. The minimum atomic E-state index is -4.57. The monoisotopic (exact) mass is 428 g/mol. The van der Waals surface area contributed by atoms with Crippen molar-refractivity contribution in [3.63, 3.8) is 0 Å². The van der Waals surface area contributed by atoms with E-state index in [0.717, 1.165) is 28.4 Å². The first-order chi connectivity index (χ1) is 14.3. The number of nitrogens with zero attached hydrogens (tertiary/aromatic N) is 2. The molecule has 0 aliphatic heterocycles. The quantitative estimate of drug-likeness (QED) is 0.420. The Balaban J connectivity index is 2.06. The van der Waals surface area contributed by atoms with Gasteiger partial charge in [-0.15, -0.1) is 0 Å². The van der Waals surface area contributed by atoms with Gasteiger partial charge in [0.15, 0.2) is 0 Å². The van der Waals surface area contributed by atoms with Gasteiger partial charge in [0, 0.05) is 17.8 Å². The van der Waals surface area contributed by atoms with E-state index in [4.69, 9.17) is 17.3 Å². The first kappa shape index (κ1) is 20.4. The lowest BCUT2D eigenvalue weighted by Crippen LogP contribution is -2.06. The highest BCUT2D eigenvalue weighted by Crippen LogP contribution is 2.39. The van der Waals surface area contributed by atoms with Crippen LogP contribution in [0, 0.1) is 6.92 Å². The molecule has 0 spiro atoms. The number of imidazole rings is 1. The number of hydrogen-bond acceptors (Lipinski definition) is 2. The van der Waals surface area contributed by atoms with Gasteiger partial charge < -0.3 is 5.73 Å². The Kier molecular flexibility index (Phi) is 5.30. The van der Waals surface area contributed by atoms with Gasteiger partial charge >= 0.3 is 6.18 Å². The number of rotatable bonds is 4. The minimum absolute atomic E-state index is 0.204. The summed E-state index contributed by atoms with van der Waals surface area (Å²) in [5, 5.41) is -0.371. The molecule has 153 valence electrons. The fourth-order valence-corrected chi connectivity index (χ4v) is 3.75. The number of hydrogen-bond donors (Lipinski definition) is 1. The van der Waals surface area contributed by atoms with Crippen LogP contribution in [0.15, 0.2) is 60.7 Å². The van der Waals surface area contributed by atoms with Crippen LogP contribution < -0.4 is 5.73 Å². The van der Waals surface area contributed by atoms with Crippen LogP contribution in [0.5, 0.6) is 0 Å². The molecule has 4 aromatic rings. The zero-order chi connectivity index (χ0) is 21.5. The summed E-state index contributed by atoms with van der Waals surface area (Å²) in [6, 6.07) is 17.4. The maximum Gasteiger partial charge on any atom is 0.417 e. The molecule has 0 atom stereocenters. The Hall–Kier alpha value is -2.83. The van der Waals surface area contributed by atoms with Crippen LogP contribution in [0.1, 0.15) is 16.7 Å². The van der Waals surface area contributed by atoms with E-state index in [1.54, 1.807) is 0 Å². The molecular formula is C23H18ClF3N3. The molecule has 0 aliphatic carbocycles. The fraction of sp³-hybridized carbons (Fsp3) is 0.130. The Labute approximate surface area is 176 Å². The molecular weight excluding hydrogens is 411 g/mol. The van der Waals surface area contributed by atoms with Gasteiger partial charge in [0.25, 0.3) is 0 Å². The van der Waals surface area contributed by atoms with Crippen molar-refractivity contribution in [2.75, 3.05) is 0 Å². The van der Waals surface area contributed by atoms with Gasteiger partial charge in [-0.3, -0.25) is 4.57 Å². The van der Waals surface area contributed by atoms with Crippen molar-refractivity contribution >= 4 is 22.6 Å². The van der Waals surface area contributed by atoms with Crippen molar-refractivity contribution in [2.45, 2.75) is 19.1 Å². The maximum absolute atomic E-state index is 13.4. The summed E-state index contributed by atoms with van der Waals surface area (Å²) >= 11 is 6.02. The third-order valence-corrected chi connectivity index (χ3v) is 5.32. The van der Waals surface area contributed by atoms with Crippen LogP contribution in [-0.4, -0.2) is 9.55 Å². The van der Waals surface area contributed by atoms with Crippen LogP contribution in [0.4, 0.5) is 13.2 Å². The topological polar surface area (TPSA) is 43.8 Å². The molecule has 1 heterocycles. The van der Waals surface area contributed by atoms with Gasteiger partial charge in [-0.25, -0.2) is 4.98 Å². The molecule has 0 saturated heterocycles. The van der Waals surface area contributed by atoms with E-state index in [0.29, 0.717) is 17.8 Å². The second-order valence-corrected chi connectivity index (χ2v) is 7.27. The molecule has 0 unspecified atom stereocenters. The Morgan fingerprint density at radius 2 is 1.73 bits per heavy atom. The van der Waals surface area contributed by atoms with Gasteiger partial charge in [-0.2, -0.15) is 13.2 Å². The van der Waals surface area contributed by atoms with Gasteiger partial charge in [-0.05, 0) is 48.7 Å². The number of benzene rings is 3. The standard InChI is InChI=1S/C23H18ClF3N3/c1-2-14-7-9-16(10-8-14)30-21-12-19(24)18(23(25,26)27)11-20(21)29-22(30)17-6-4-3-5-15(17)13-28/h3-12H,1-2,13,28H2. The number of halogens is 4. The third-order valence-electron chi connectivity index (χ3n) is 5.01. The van der Waals surface area contributed by atoms with Gasteiger partial charge in [0.05, 0.1) is 21.6 Å². The lowest BCUT2D eigenvalue weighted by molar-refractivity contribution is -0.137. The number of aromatic nitrogens is 2. The smallest absolute Gasteiger partial charge is 0.326 e. The SMILES string of the molecule is [CH2]Cc1ccc(-n2c(-c3ccccc3CN)nc3cc(C(F)(F)F)c(Cl)cc32)cc1. The molecule has 0 bridgehead atoms. The summed E-state index contributed by atoms with van der Waals surface area (Å²) in [5.41, 5.74) is 9.07. The molecule has 2 N–H and O–H groups in total. The predicted octanol–water partition coefficient (Wildman–Crippen LogP) is 6.20. The van der Waals surface area contributed by atoms with Crippen molar-refractivity contribution < 1.29 is 13.2 Å². The van der Waals surface area contributed by atoms with Crippen LogP contribution in [0.3, 0.4) is 0 Å². The summed E-state index contributed by atoms with van der Waals surface area (Å²) in [7, 11) is 0. The lowest BCUT2D eigenvalue weighted by Gasteiger charge is -2.13. The van der Waals surface area contributed by atoms with Crippen molar-refractivity contribution in [3.8, 4) is 17.1 Å². The van der Waals surface area contributed by atoms with Crippen LogP contribution in [0.2, 0.25) is 5.02 Å². The van der Waals surface area contributed by atoms with Crippen molar-refractivity contribution in [1.29, 1.82) is 0 Å². The largest absolute Gasteiger partial charge is 0.417 e. The van der Waals surface area contributed by atoms with Crippen LogP contribution in [0.25, 0.3) is 28.1 Å². The first-order valence-corrected chi connectivity index (χ1v) is 9.67. The van der Waals surface area contributed by atoms with Crippen molar-refractivity contribution in [3.05, 3.63) is 89.3 Å². The summed E-state index contributed by atoms with van der Waals surface area (Å²) < 4.78 is 42.0. The van der Waals surface area contributed by atoms with E-state index in [2.05, 4.69) is 11.9 Å². The fourth-order valence-electron chi connectivity index (χ4n) is 3.49. The molecule has 3 aromatic carbocycles. The third kappa shape index (κ3) is 3.57. The molecule has 1 aromatic heterocycles. The second-order valence-electron chi connectivity index (χ2n) is 6.87.